The smallest absolute Gasteiger partial charge is 0.276 e. The van der Waals surface area contributed by atoms with E-state index in [2.05, 4.69) is 15.3 Å². The largest absolute Gasteiger partial charge is 0.296 e. The zero-order valence-electron chi connectivity index (χ0n) is 10.3. The summed E-state index contributed by atoms with van der Waals surface area (Å²) >= 11 is 1.41. The van der Waals surface area contributed by atoms with E-state index < -0.39 is 0 Å². The monoisotopic (exact) mass is 269 g/mol. The average Bonchev–Trinajstić information content (AvgIpc) is 2.83. The number of pyridine rings is 1. The first-order valence-corrected chi connectivity index (χ1v) is 6.69. The van der Waals surface area contributed by atoms with Crippen LogP contribution in [0.2, 0.25) is 0 Å². The van der Waals surface area contributed by atoms with Crippen LogP contribution >= 0.6 is 11.3 Å². The van der Waals surface area contributed by atoms with Crippen molar-refractivity contribution in [2.24, 2.45) is 0 Å². The number of hydrogen-bond acceptors (Lipinski definition) is 4. The van der Waals surface area contributed by atoms with E-state index in [-0.39, 0.29) is 5.91 Å². The topological polar surface area (TPSA) is 54.9 Å². The van der Waals surface area contributed by atoms with Crippen LogP contribution in [0.25, 0.3) is 10.8 Å². The zero-order valence-corrected chi connectivity index (χ0v) is 11.1. The summed E-state index contributed by atoms with van der Waals surface area (Å²) in [6.07, 6.45) is 1.64. The van der Waals surface area contributed by atoms with Gasteiger partial charge in [0.2, 0.25) is 0 Å². The minimum atomic E-state index is -0.230. The number of aryl methyl sites for hydroxylation is 1. The zero-order chi connectivity index (χ0) is 13.2. The van der Waals surface area contributed by atoms with E-state index >= 15 is 0 Å². The first-order valence-electron chi connectivity index (χ1n) is 5.81. The molecule has 0 bridgehead atoms. The van der Waals surface area contributed by atoms with Gasteiger partial charge in [0, 0.05) is 17.0 Å². The highest BCUT2D eigenvalue weighted by atomic mass is 32.1. The second kappa shape index (κ2) is 4.78. The molecule has 4 nitrogen and oxygen atoms in total. The van der Waals surface area contributed by atoms with Crippen LogP contribution in [0.4, 0.5) is 5.13 Å². The normalized spacial score (nSPS) is 10.6. The van der Waals surface area contributed by atoms with Crippen LogP contribution < -0.4 is 5.32 Å². The fourth-order valence-electron chi connectivity index (χ4n) is 1.87. The van der Waals surface area contributed by atoms with Crippen molar-refractivity contribution in [3.8, 4) is 0 Å². The first kappa shape index (κ1) is 11.8. The molecule has 0 atom stereocenters. The van der Waals surface area contributed by atoms with Gasteiger partial charge in [-0.2, -0.15) is 0 Å². The van der Waals surface area contributed by atoms with Crippen LogP contribution in [-0.4, -0.2) is 15.9 Å². The van der Waals surface area contributed by atoms with Gasteiger partial charge >= 0.3 is 0 Å². The quantitative estimate of drug-likeness (QED) is 0.777. The lowest BCUT2D eigenvalue weighted by atomic mass is 10.1. The molecule has 2 aromatic heterocycles. The lowest BCUT2D eigenvalue weighted by molar-refractivity contribution is 0.102. The predicted octanol–water partition coefficient (Wildman–Crippen LogP) is 3.25. The Labute approximate surface area is 114 Å². The van der Waals surface area contributed by atoms with Gasteiger partial charge in [-0.25, -0.2) is 4.98 Å². The number of anilines is 1. The third-order valence-electron chi connectivity index (χ3n) is 2.73. The van der Waals surface area contributed by atoms with Crippen molar-refractivity contribution in [2.75, 3.05) is 5.32 Å². The van der Waals surface area contributed by atoms with Gasteiger partial charge in [-0.15, -0.1) is 11.3 Å². The van der Waals surface area contributed by atoms with Crippen molar-refractivity contribution in [2.45, 2.75) is 6.92 Å². The van der Waals surface area contributed by atoms with Crippen molar-refractivity contribution >= 4 is 33.1 Å². The van der Waals surface area contributed by atoms with Crippen LogP contribution in [0.15, 0.2) is 41.9 Å². The van der Waals surface area contributed by atoms with Crippen molar-refractivity contribution in [1.29, 1.82) is 0 Å². The van der Waals surface area contributed by atoms with Crippen LogP contribution in [-0.2, 0) is 0 Å². The number of carbonyl (C=O) groups is 1. The molecule has 3 aromatic rings. The Bertz CT molecular complexity index is 746. The Morgan fingerprint density at radius 3 is 2.89 bits per heavy atom. The number of thiazole rings is 1. The Morgan fingerprint density at radius 2 is 2.11 bits per heavy atom. The number of carbonyl (C=O) groups excluding carboxylic acids is 1. The summed E-state index contributed by atoms with van der Waals surface area (Å²) in [7, 11) is 0. The third-order valence-corrected chi connectivity index (χ3v) is 3.60. The summed E-state index contributed by atoms with van der Waals surface area (Å²) in [5, 5.41) is 7.11. The van der Waals surface area contributed by atoms with Gasteiger partial charge in [-0.05, 0) is 18.4 Å². The number of amides is 1. The predicted molar refractivity (Wildman–Crippen MR) is 76.5 cm³/mol. The lowest BCUT2D eigenvalue weighted by Gasteiger charge is -2.04. The van der Waals surface area contributed by atoms with Gasteiger partial charge in [0.1, 0.15) is 5.69 Å². The second-order valence-corrected chi connectivity index (χ2v) is 4.99. The Hall–Kier alpha value is -2.27. The maximum atomic E-state index is 12.2. The average molecular weight is 269 g/mol. The lowest BCUT2D eigenvalue weighted by Crippen LogP contribution is -2.13. The SMILES string of the molecule is Cc1csc(NC(=O)c2nccc3ccccc23)n1. The molecule has 0 unspecified atom stereocenters. The molecule has 5 heteroatoms. The van der Waals surface area contributed by atoms with Crippen molar-refractivity contribution in [3.05, 3.63) is 53.3 Å². The number of nitrogens with zero attached hydrogens (tertiary/aromatic N) is 2. The van der Waals surface area contributed by atoms with Gasteiger partial charge in [0.15, 0.2) is 5.13 Å². The molecular formula is C14H11N3OS. The molecule has 0 saturated heterocycles. The highest BCUT2D eigenvalue weighted by molar-refractivity contribution is 7.13. The van der Waals surface area contributed by atoms with E-state index in [1.165, 1.54) is 11.3 Å². The summed E-state index contributed by atoms with van der Waals surface area (Å²) in [6.45, 7) is 1.89. The maximum Gasteiger partial charge on any atom is 0.276 e. The van der Waals surface area contributed by atoms with E-state index in [0.29, 0.717) is 10.8 Å². The Morgan fingerprint density at radius 1 is 1.26 bits per heavy atom. The molecule has 3 rings (SSSR count). The number of rotatable bonds is 2. The molecule has 0 aliphatic rings. The second-order valence-electron chi connectivity index (χ2n) is 4.13. The molecule has 1 aromatic carbocycles. The van der Waals surface area contributed by atoms with E-state index in [4.69, 9.17) is 0 Å². The standard InChI is InChI=1S/C14H11N3OS/c1-9-8-19-14(16-9)17-13(18)12-11-5-3-2-4-10(11)6-7-15-12/h2-8H,1H3,(H,16,17,18). The summed E-state index contributed by atoms with van der Waals surface area (Å²) < 4.78 is 0. The van der Waals surface area contributed by atoms with E-state index in [1.807, 2.05) is 42.6 Å². The molecule has 19 heavy (non-hydrogen) atoms. The summed E-state index contributed by atoms with van der Waals surface area (Å²) in [4.78, 5) is 20.6. The molecule has 0 aliphatic heterocycles. The molecule has 1 N–H and O–H groups in total. The van der Waals surface area contributed by atoms with Gasteiger partial charge in [-0.3, -0.25) is 15.1 Å². The highest BCUT2D eigenvalue weighted by Crippen LogP contribution is 2.19. The van der Waals surface area contributed by atoms with Gasteiger partial charge < -0.3 is 0 Å². The third kappa shape index (κ3) is 2.32. The number of hydrogen-bond donors (Lipinski definition) is 1. The Balaban J connectivity index is 1.97. The molecule has 0 aliphatic carbocycles. The van der Waals surface area contributed by atoms with Crippen LogP contribution in [0.3, 0.4) is 0 Å². The molecule has 0 radical (unpaired) electrons. The number of benzene rings is 1. The number of fused-ring (bicyclic) bond motifs is 1. The molecule has 1 amide bonds. The minimum Gasteiger partial charge on any atom is -0.296 e. The molecule has 0 fully saturated rings. The summed E-state index contributed by atoms with van der Waals surface area (Å²) in [5.74, 6) is -0.230. The van der Waals surface area contributed by atoms with E-state index in [9.17, 15) is 4.79 Å². The maximum absolute atomic E-state index is 12.2. The van der Waals surface area contributed by atoms with Gasteiger partial charge in [-0.1, -0.05) is 24.3 Å². The summed E-state index contributed by atoms with van der Waals surface area (Å²) in [5.41, 5.74) is 1.32. The number of aromatic nitrogens is 2. The molecule has 2 heterocycles. The van der Waals surface area contributed by atoms with Crippen LogP contribution in [0.5, 0.6) is 0 Å². The fraction of sp³-hybridized carbons (Fsp3) is 0.0714. The molecular weight excluding hydrogens is 258 g/mol. The molecule has 0 saturated carbocycles. The van der Waals surface area contributed by atoms with Gasteiger partial charge in [0.05, 0.1) is 5.69 Å². The van der Waals surface area contributed by atoms with Crippen LogP contribution in [0.1, 0.15) is 16.2 Å². The first-order chi connectivity index (χ1) is 9.24. The van der Waals surface area contributed by atoms with Gasteiger partial charge in [0.25, 0.3) is 5.91 Å². The van der Waals surface area contributed by atoms with E-state index in [1.54, 1.807) is 6.20 Å². The minimum absolute atomic E-state index is 0.230. The molecule has 0 spiro atoms. The summed E-state index contributed by atoms with van der Waals surface area (Å²) in [6, 6.07) is 9.58. The highest BCUT2D eigenvalue weighted by Gasteiger charge is 2.12. The molecule has 94 valence electrons. The Kier molecular flexibility index (Phi) is 2.97. The van der Waals surface area contributed by atoms with Crippen molar-refractivity contribution in [3.63, 3.8) is 0 Å². The van der Waals surface area contributed by atoms with Crippen molar-refractivity contribution in [1.82, 2.24) is 9.97 Å². The van der Waals surface area contributed by atoms with Crippen LogP contribution in [0, 0.1) is 6.92 Å². The fourth-order valence-corrected chi connectivity index (χ4v) is 2.55. The van der Waals surface area contributed by atoms with Crippen molar-refractivity contribution < 1.29 is 4.79 Å². The van der Waals surface area contributed by atoms with E-state index in [0.717, 1.165) is 16.5 Å². The number of nitrogens with one attached hydrogen (secondary N) is 1.